The molecule has 19 heteroatoms. The van der Waals surface area contributed by atoms with Crippen molar-refractivity contribution in [2.75, 3.05) is 44.2 Å². The maximum atomic E-state index is 10.8. The molecule has 0 bridgehead atoms. The average molecular weight is 708 g/mol. The van der Waals surface area contributed by atoms with Crippen molar-refractivity contribution in [2.24, 2.45) is 22.1 Å². The Bertz CT molecular complexity index is 1240. The number of hydrogen-bond donors (Lipinski definition) is 5. The van der Waals surface area contributed by atoms with Gasteiger partial charge in [-0.25, -0.2) is 39.7 Å². The van der Waals surface area contributed by atoms with Crippen molar-refractivity contribution in [1.82, 2.24) is 34.7 Å². The number of aryl methyl sites for hydroxylation is 2. The molecule has 0 amide bonds. The summed E-state index contributed by atoms with van der Waals surface area (Å²) in [5.41, 5.74) is 2.00. The van der Waals surface area contributed by atoms with E-state index in [0.717, 1.165) is 81.6 Å². The van der Waals surface area contributed by atoms with E-state index in [-0.39, 0.29) is 24.8 Å². The number of rotatable bonds is 9. The zero-order valence-corrected chi connectivity index (χ0v) is 28.5. The van der Waals surface area contributed by atoms with Crippen LogP contribution in [-0.4, -0.2) is 76.0 Å². The fourth-order valence-electron chi connectivity index (χ4n) is 4.52. The molecule has 0 atom stereocenters. The number of aromatic nitrogens is 4. The number of piperidine rings is 2. The number of hydrogen-bond acceptors (Lipinski definition) is 10. The lowest BCUT2D eigenvalue weighted by Crippen LogP contribution is -2.37. The second-order valence-corrected chi connectivity index (χ2v) is 13.2. The summed E-state index contributed by atoms with van der Waals surface area (Å²) in [6, 6.07) is 0. The molecule has 4 heterocycles. The van der Waals surface area contributed by atoms with Crippen LogP contribution in [0.4, 0.5) is 5.82 Å². The molecule has 2 aliphatic rings. The van der Waals surface area contributed by atoms with Crippen LogP contribution >= 0.6 is 36.4 Å². The zero-order chi connectivity index (χ0) is 30.3. The van der Waals surface area contributed by atoms with Crippen LogP contribution in [0.25, 0.3) is 0 Å². The van der Waals surface area contributed by atoms with Crippen molar-refractivity contribution >= 4 is 62.7 Å². The number of halogens is 3. The van der Waals surface area contributed by atoms with E-state index in [4.69, 9.17) is 21.9 Å². The number of anilines is 1. The minimum atomic E-state index is -3.56. The molecule has 248 valence electrons. The van der Waals surface area contributed by atoms with Gasteiger partial charge < -0.3 is 10.2 Å². The van der Waals surface area contributed by atoms with E-state index in [9.17, 15) is 16.8 Å². The van der Waals surface area contributed by atoms with E-state index < -0.39 is 20.4 Å². The summed E-state index contributed by atoms with van der Waals surface area (Å²) in [6.45, 7) is 8.72. The van der Waals surface area contributed by atoms with Crippen LogP contribution in [0.2, 0.25) is 5.15 Å². The summed E-state index contributed by atoms with van der Waals surface area (Å²) in [5, 5.41) is 13.5. The van der Waals surface area contributed by atoms with Gasteiger partial charge in [0, 0.05) is 49.7 Å². The van der Waals surface area contributed by atoms with Crippen molar-refractivity contribution in [2.45, 2.75) is 52.4 Å². The topological polar surface area (TPSA) is 211 Å². The first-order valence-corrected chi connectivity index (χ1v) is 17.0. The highest BCUT2D eigenvalue weighted by molar-refractivity contribution is 7.87. The van der Waals surface area contributed by atoms with Crippen LogP contribution < -0.4 is 29.9 Å². The molecule has 2 fully saturated rings. The molecular formula is C24H45Cl3N10O4S2. The van der Waals surface area contributed by atoms with Crippen molar-refractivity contribution in [3.63, 3.8) is 0 Å². The van der Waals surface area contributed by atoms with Crippen LogP contribution in [0.15, 0.2) is 25.0 Å². The van der Waals surface area contributed by atoms with Crippen LogP contribution in [-0.2, 0) is 20.4 Å². The average Bonchev–Trinajstić information content (AvgIpc) is 2.91. The summed E-state index contributed by atoms with van der Waals surface area (Å²) in [7, 11) is -7.05. The lowest BCUT2D eigenvalue weighted by atomic mass is 9.93. The summed E-state index contributed by atoms with van der Waals surface area (Å²) in [4.78, 5) is 18.1. The van der Waals surface area contributed by atoms with Gasteiger partial charge in [-0.1, -0.05) is 11.6 Å². The molecule has 4 rings (SSSR count). The highest BCUT2D eigenvalue weighted by Gasteiger charge is 2.21. The van der Waals surface area contributed by atoms with Gasteiger partial charge in [0.1, 0.15) is 23.6 Å². The van der Waals surface area contributed by atoms with E-state index in [2.05, 4.69) is 39.6 Å². The SMILES string of the molecule is Cc1cncnc1Cl.Cc1cncnc1N1CCC(CCNS(N)(=O)=O)CC1.Cl.Cl.NS(=O)(=O)NCCC1CCNCC1. The lowest BCUT2D eigenvalue weighted by molar-refractivity contribution is 0.354. The summed E-state index contributed by atoms with van der Waals surface area (Å²) >= 11 is 5.56. The van der Waals surface area contributed by atoms with Crippen molar-refractivity contribution in [3.05, 3.63) is 41.3 Å². The second kappa shape index (κ2) is 21.3. The predicted molar refractivity (Wildman–Crippen MR) is 175 cm³/mol. The standard InChI is InChI=1S/C12H21N5O2S.C7H17N3O2S.C5H5ClN2.2ClH/c1-10-8-14-9-15-12(10)17-6-3-11(4-7-17)2-5-16-20(13,18)19;8-13(11,12)10-6-3-7-1-4-9-5-2-7;1-4-2-7-3-8-5(4)6;;/h8-9,11,16H,2-7H2,1H3,(H2,13,18,19);7,9-10H,1-6H2,(H2,8,11,12);2-3H,1H3;2*1H. The maximum absolute atomic E-state index is 10.8. The largest absolute Gasteiger partial charge is 0.356 e. The van der Waals surface area contributed by atoms with Gasteiger partial charge in [0.15, 0.2) is 0 Å². The fourth-order valence-corrected chi connectivity index (χ4v) is 5.42. The Morgan fingerprint density at radius 1 is 0.837 bits per heavy atom. The van der Waals surface area contributed by atoms with Crippen molar-refractivity contribution < 1.29 is 16.8 Å². The van der Waals surface area contributed by atoms with Gasteiger partial charge in [-0.05, 0) is 77.3 Å². The first-order valence-electron chi connectivity index (χ1n) is 13.5. The second-order valence-electron chi connectivity index (χ2n) is 10.1. The van der Waals surface area contributed by atoms with Gasteiger partial charge in [0.25, 0.3) is 20.4 Å². The van der Waals surface area contributed by atoms with Crippen LogP contribution in [0, 0.1) is 25.7 Å². The Kier molecular flexibility index (Phi) is 20.6. The highest BCUT2D eigenvalue weighted by atomic mass is 35.5. The Labute approximate surface area is 273 Å². The molecular weight excluding hydrogens is 663 g/mol. The quantitative estimate of drug-likeness (QED) is 0.238. The van der Waals surface area contributed by atoms with Crippen LogP contribution in [0.3, 0.4) is 0 Å². The molecule has 2 saturated heterocycles. The van der Waals surface area contributed by atoms with E-state index in [1.54, 1.807) is 12.5 Å². The Balaban J connectivity index is 0.000000661. The third-order valence-electron chi connectivity index (χ3n) is 6.78. The van der Waals surface area contributed by atoms with Gasteiger partial charge in [-0.15, -0.1) is 24.8 Å². The number of nitrogens with one attached hydrogen (secondary N) is 3. The van der Waals surface area contributed by atoms with E-state index >= 15 is 0 Å². The minimum Gasteiger partial charge on any atom is -0.356 e. The first kappa shape index (κ1) is 41.5. The molecule has 0 spiro atoms. The Morgan fingerprint density at radius 3 is 1.72 bits per heavy atom. The summed E-state index contributed by atoms with van der Waals surface area (Å²) in [6.07, 6.45) is 12.6. The van der Waals surface area contributed by atoms with Crippen molar-refractivity contribution in [3.8, 4) is 0 Å². The monoisotopic (exact) mass is 706 g/mol. The van der Waals surface area contributed by atoms with Gasteiger partial charge >= 0.3 is 0 Å². The normalized spacial score (nSPS) is 16.0. The molecule has 2 aromatic rings. The molecule has 0 unspecified atom stereocenters. The molecule has 2 aromatic heterocycles. The smallest absolute Gasteiger partial charge is 0.274 e. The molecule has 43 heavy (non-hydrogen) atoms. The molecule has 2 aliphatic heterocycles. The summed E-state index contributed by atoms with van der Waals surface area (Å²) in [5.74, 6) is 2.17. The fraction of sp³-hybridized carbons (Fsp3) is 0.667. The van der Waals surface area contributed by atoms with E-state index in [1.807, 2.05) is 20.0 Å². The lowest BCUT2D eigenvalue weighted by Gasteiger charge is -2.33. The zero-order valence-electron chi connectivity index (χ0n) is 24.5. The number of nitrogens with zero attached hydrogens (tertiary/aromatic N) is 5. The Morgan fingerprint density at radius 2 is 1.30 bits per heavy atom. The van der Waals surface area contributed by atoms with Crippen molar-refractivity contribution in [1.29, 1.82) is 0 Å². The molecule has 0 aromatic carbocycles. The van der Waals surface area contributed by atoms with Crippen LogP contribution in [0.1, 0.15) is 49.7 Å². The number of nitrogens with two attached hydrogens (primary N) is 2. The molecule has 0 aliphatic carbocycles. The molecule has 0 radical (unpaired) electrons. The summed E-state index contributed by atoms with van der Waals surface area (Å²) < 4.78 is 47.3. The van der Waals surface area contributed by atoms with Crippen LogP contribution in [0.5, 0.6) is 0 Å². The first-order chi connectivity index (χ1) is 19.3. The minimum absolute atomic E-state index is 0. The Hall–Kier alpha value is -1.47. The van der Waals surface area contributed by atoms with Gasteiger partial charge in [0.05, 0.1) is 0 Å². The van der Waals surface area contributed by atoms with E-state index in [0.29, 0.717) is 30.1 Å². The van der Waals surface area contributed by atoms with Gasteiger partial charge in [-0.2, -0.15) is 16.8 Å². The predicted octanol–water partition coefficient (Wildman–Crippen LogP) is 1.64. The third-order valence-corrected chi connectivity index (χ3v) is 8.39. The molecule has 0 saturated carbocycles. The van der Waals surface area contributed by atoms with E-state index in [1.165, 1.54) is 6.33 Å². The maximum Gasteiger partial charge on any atom is 0.274 e. The molecule has 7 N–H and O–H groups in total. The third kappa shape index (κ3) is 18.8. The highest BCUT2D eigenvalue weighted by Crippen LogP contribution is 2.25. The molecule has 14 nitrogen and oxygen atoms in total. The van der Waals surface area contributed by atoms with Gasteiger partial charge in [0.2, 0.25) is 0 Å². The van der Waals surface area contributed by atoms with Gasteiger partial charge in [-0.3, -0.25) is 0 Å².